The van der Waals surface area contributed by atoms with E-state index in [9.17, 15) is 48.6 Å². The summed E-state index contributed by atoms with van der Waals surface area (Å²) in [6.45, 7) is 7.15. The van der Waals surface area contributed by atoms with Crippen LogP contribution in [0.4, 0.5) is 10.5 Å². The minimum Gasteiger partial charge on any atom is -0.506 e. The number of alkyl carbamates (subject to hydrolysis) is 1. The number of hydrogen-bond donors (Lipinski definition) is 3. The van der Waals surface area contributed by atoms with Crippen molar-refractivity contribution in [3.05, 3.63) is 46.5 Å². The zero-order chi connectivity index (χ0) is 51.5. The third-order valence-corrected chi connectivity index (χ3v) is 16.0. The number of likely N-dealkylation sites (tertiary alicyclic amines) is 1. The van der Waals surface area contributed by atoms with E-state index in [1.807, 2.05) is 6.92 Å². The van der Waals surface area contributed by atoms with Crippen LogP contribution in [0.5, 0.6) is 5.75 Å². The number of allylic oxidation sites excluding steroid dienone is 3. The number of benzene rings is 1. The largest absolute Gasteiger partial charge is 0.506 e. The summed E-state index contributed by atoms with van der Waals surface area (Å²) in [6.07, 6.45) is 1.68. The van der Waals surface area contributed by atoms with Gasteiger partial charge in [0.1, 0.15) is 34.7 Å². The number of phenolic OH excluding ortho intramolecular Hbond substituents is 1. The molecule has 22 heteroatoms. The number of amides is 6. The molecule has 4 bridgehead atoms. The highest BCUT2D eigenvalue weighted by Gasteiger charge is 2.64. The van der Waals surface area contributed by atoms with Gasteiger partial charge in [0.15, 0.2) is 11.8 Å². The quantitative estimate of drug-likeness (QED) is 0.107. The van der Waals surface area contributed by atoms with E-state index >= 15 is 0 Å². The number of imide groups is 2. The van der Waals surface area contributed by atoms with Gasteiger partial charge in [-0.05, 0) is 88.7 Å². The van der Waals surface area contributed by atoms with E-state index in [0.717, 1.165) is 5.57 Å². The molecule has 20 nitrogen and oxygen atoms in total. The molecule has 5 heterocycles. The summed E-state index contributed by atoms with van der Waals surface area (Å²) in [6, 6.07) is 3.18. The zero-order valence-electron chi connectivity index (χ0n) is 40.7. The van der Waals surface area contributed by atoms with Crippen LogP contribution in [0.1, 0.15) is 97.5 Å². The molecule has 4 saturated heterocycles. The number of thioether (sulfide) groups is 1. The van der Waals surface area contributed by atoms with Gasteiger partial charge in [0.25, 0.3) is 11.8 Å². The lowest BCUT2D eigenvalue weighted by Gasteiger charge is -2.42. The number of nitrogens with one attached hydrogen (secondary N) is 1. The zero-order valence-corrected chi connectivity index (χ0v) is 42.3. The minimum atomic E-state index is -1.88. The lowest BCUT2D eigenvalue weighted by Crippen LogP contribution is -2.63. The number of ether oxygens (including phenoxy) is 5. The van der Waals surface area contributed by atoms with E-state index in [1.165, 1.54) is 48.7 Å². The van der Waals surface area contributed by atoms with Crippen molar-refractivity contribution in [1.82, 2.24) is 15.3 Å². The number of aromatic hydroxyl groups is 1. The molecule has 1 saturated carbocycles. The van der Waals surface area contributed by atoms with Crippen molar-refractivity contribution in [3.63, 3.8) is 0 Å². The molecule has 3 N–H and O–H groups in total. The first kappa shape index (κ1) is 53.7. The van der Waals surface area contributed by atoms with Crippen LogP contribution in [0.2, 0.25) is 5.02 Å². The normalized spacial score (nSPS) is 33.2. The Hall–Kier alpha value is -5.06. The van der Waals surface area contributed by atoms with Crippen LogP contribution in [0, 0.1) is 17.8 Å². The molecular weight excluding hydrogens is 968 g/mol. The van der Waals surface area contributed by atoms with E-state index in [-0.39, 0.29) is 79.4 Å². The maximum atomic E-state index is 14.2. The number of hydroxylamine groups is 2. The number of phenols is 1. The van der Waals surface area contributed by atoms with Gasteiger partial charge in [-0.15, -0.1) is 16.8 Å². The van der Waals surface area contributed by atoms with Crippen LogP contribution in [0.25, 0.3) is 0 Å². The number of carbonyl (C=O) groups is 8. The summed E-state index contributed by atoms with van der Waals surface area (Å²) in [7, 11) is 2.90. The smallest absolute Gasteiger partial charge is 0.409 e. The van der Waals surface area contributed by atoms with Crippen LogP contribution >= 0.6 is 23.4 Å². The van der Waals surface area contributed by atoms with Crippen molar-refractivity contribution in [1.29, 1.82) is 0 Å². The Labute approximate surface area is 420 Å². The highest BCUT2D eigenvalue weighted by Crippen LogP contribution is 2.49. The van der Waals surface area contributed by atoms with E-state index in [1.54, 1.807) is 38.1 Å². The fourth-order valence-electron chi connectivity index (χ4n) is 9.95. The van der Waals surface area contributed by atoms with Gasteiger partial charge >= 0.3 is 18.0 Å². The molecule has 9 atom stereocenters. The molecule has 1 unspecified atom stereocenters. The van der Waals surface area contributed by atoms with Crippen LogP contribution in [0.15, 0.2) is 35.9 Å². The number of anilines is 1. The van der Waals surface area contributed by atoms with Gasteiger partial charge in [-0.25, -0.2) is 14.4 Å². The van der Waals surface area contributed by atoms with Crippen molar-refractivity contribution < 1.29 is 77.1 Å². The van der Waals surface area contributed by atoms with Crippen molar-refractivity contribution >= 4 is 76.6 Å². The second-order valence-electron chi connectivity index (χ2n) is 19.5. The molecule has 0 aromatic heterocycles. The predicted octanol–water partition coefficient (Wildman–Crippen LogP) is 4.43. The maximum Gasteiger partial charge on any atom is 0.409 e. The molecule has 7 rings (SSSR count). The first-order chi connectivity index (χ1) is 33.6. The van der Waals surface area contributed by atoms with Gasteiger partial charge in [0.2, 0.25) is 17.7 Å². The molecule has 1 aromatic carbocycles. The van der Waals surface area contributed by atoms with E-state index in [4.69, 9.17) is 40.1 Å². The predicted molar refractivity (Wildman–Crippen MR) is 254 cm³/mol. The molecule has 1 aromatic rings. The molecule has 5 fully saturated rings. The number of halogens is 1. The van der Waals surface area contributed by atoms with Crippen molar-refractivity contribution in [2.75, 3.05) is 38.0 Å². The molecule has 388 valence electrons. The summed E-state index contributed by atoms with van der Waals surface area (Å²) >= 11 is 7.89. The monoisotopic (exact) mass is 1030 g/mol. The van der Waals surface area contributed by atoms with Gasteiger partial charge in [-0.2, -0.15) is 0 Å². The number of fused-ring (bicyclic) bond motifs is 5. The van der Waals surface area contributed by atoms with Gasteiger partial charge in [0, 0.05) is 58.9 Å². The lowest BCUT2D eigenvalue weighted by atomic mass is 9.82. The number of methoxy groups -OCH3 is 1. The fourth-order valence-corrected chi connectivity index (χ4v) is 11.3. The Morgan fingerprint density at radius 1 is 1.03 bits per heavy atom. The molecule has 6 aliphatic rings. The van der Waals surface area contributed by atoms with Crippen LogP contribution < -0.4 is 10.2 Å². The first-order valence-corrected chi connectivity index (χ1v) is 25.4. The molecule has 0 spiro atoms. The van der Waals surface area contributed by atoms with E-state index in [2.05, 4.69) is 5.32 Å². The van der Waals surface area contributed by atoms with Crippen molar-refractivity contribution in [2.24, 2.45) is 17.8 Å². The molecule has 6 amide bonds. The molecule has 71 heavy (non-hydrogen) atoms. The van der Waals surface area contributed by atoms with Gasteiger partial charge in [-0.1, -0.05) is 42.3 Å². The number of esters is 1. The topological polar surface area (TPSA) is 257 Å². The number of carbonyl (C=O) groups excluding carboxylic acids is 8. The lowest BCUT2D eigenvalue weighted by molar-refractivity contribution is -0.201. The summed E-state index contributed by atoms with van der Waals surface area (Å²) in [5.74, 6) is -4.45. The number of aliphatic hydroxyl groups is 1. The maximum absolute atomic E-state index is 14.2. The molecule has 5 aliphatic heterocycles. The van der Waals surface area contributed by atoms with Gasteiger partial charge in [-0.3, -0.25) is 34.2 Å². The third-order valence-electron chi connectivity index (χ3n) is 14.3. The number of epoxide rings is 1. The van der Waals surface area contributed by atoms with E-state index in [0.29, 0.717) is 54.9 Å². The van der Waals surface area contributed by atoms with E-state index < -0.39 is 94.7 Å². The Bertz CT molecular complexity index is 2330. The fraction of sp³-hybridized carbons (Fsp3) is 0.633. The Morgan fingerprint density at radius 2 is 1.73 bits per heavy atom. The second kappa shape index (κ2) is 22.4. The average Bonchev–Trinajstić information content (AvgIpc) is 3.83. The number of nitrogens with zero attached hydrogens (tertiary/aromatic N) is 3. The summed E-state index contributed by atoms with van der Waals surface area (Å²) in [5.41, 5.74) is -1.45. The summed E-state index contributed by atoms with van der Waals surface area (Å²) in [4.78, 5) is 111. The van der Waals surface area contributed by atoms with Crippen LogP contribution in [0.3, 0.4) is 0 Å². The Kier molecular flexibility index (Phi) is 16.9. The molecular formula is C49H63ClN4O16S. The average molecular weight is 1030 g/mol. The molecule has 0 radical (unpaired) electrons. The van der Waals surface area contributed by atoms with Gasteiger partial charge in [0.05, 0.1) is 29.4 Å². The molecule has 1 aliphatic carbocycles. The Morgan fingerprint density at radius 3 is 2.42 bits per heavy atom. The number of rotatable bonds is 13. The first-order valence-electron chi connectivity index (χ1n) is 24.0. The Balaban J connectivity index is 0.943. The summed E-state index contributed by atoms with van der Waals surface area (Å²) in [5, 5.41) is 25.0. The number of hydrogen-bond acceptors (Lipinski definition) is 17. The minimum absolute atomic E-state index is 0.00874. The van der Waals surface area contributed by atoms with Crippen LogP contribution in [-0.4, -0.2) is 148 Å². The van der Waals surface area contributed by atoms with Gasteiger partial charge < -0.3 is 43.6 Å². The second-order valence-corrected chi connectivity index (χ2v) is 21.2. The van der Waals surface area contributed by atoms with Crippen molar-refractivity contribution in [3.8, 4) is 5.75 Å². The van der Waals surface area contributed by atoms with Crippen molar-refractivity contribution in [2.45, 2.75) is 145 Å². The third kappa shape index (κ3) is 12.2. The summed E-state index contributed by atoms with van der Waals surface area (Å²) < 4.78 is 29.5. The van der Waals surface area contributed by atoms with Crippen LogP contribution in [-0.2, 0) is 68.5 Å². The SMILES string of the molecule is CO[C@@H]1/C=C/C=C(\C)Cc2cc(O)c(Cl)c(c2)N(C)C(=O)C[C@H](OC(=O)[C@@H](C)OCCCSC2CC(=O)N(CC3CCC(C(=O)ON4C(=O)CCC4=O)CC3)C2=O)[C@]2(C)O[C@H]2[C@H](C)[C@@H]2C[C@@]1(O)NC(=O)O2. The highest BCUT2D eigenvalue weighted by atomic mass is 35.5. The standard InChI is InChI=1S/C49H63ClN4O16S/c1-26-9-7-10-36(65-6)49(64)24-34(67-47(63)51-49)27(2)43-48(4,69-43)37(23-40(58)52(5)32-20-30(19-26)21-33(55)42(32)50)68-45(61)28(3)66-17-8-18-71-35-22-41(59)53(44(35)60)25-29-11-13-31(14-12-29)46(62)70-54-38(56)15-16-39(54)57/h7,9-10,20-21,27-29,31,34-37,43,55,64H,8,11-19,22-25H2,1-6H3,(H,51,63)/b10-7+,26-9+/t27-,28-,29?,31?,34+,35?,36-,37+,43+,48+,49+/m1/s1. The highest BCUT2D eigenvalue weighted by molar-refractivity contribution is 8.00.